The lowest BCUT2D eigenvalue weighted by molar-refractivity contribution is 0.0180. The number of nitrogens with zero attached hydrogens (tertiary/aromatic N) is 2. The van der Waals surface area contributed by atoms with Gasteiger partial charge in [-0.3, -0.25) is 4.90 Å². The summed E-state index contributed by atoms with van der Waals surface area (Å²) in [6, 6.07) is 11.7. The maximum Gasteiger partial charge on any atom is 0.410 e. The van der Waals surface area contributed by atoms with Crippen LogP contribution in [-0.4, -0.2) is 47.2 Å². The van der Waals surface area contributed by atoms with Crippen molar-refractivity contribution in [3.63, 3.8) is 0 Å². The van der Waals surface area contributed by atoms with Crippen LogP contribution in [0.25, 0.3) is 0 Å². The van der Waals surface area contributed by atoms with Crippen LogP contribution >= 0.6 is 0 Å². The van der Waals surface area contributed by atoms with E-state index in [-0.39, 0.29) is 12.1 Å². The van der Waals surface area contributed by atoms with Gasteiger partial charge in [-0.15, -0.1) is 0 Å². The van der Waals surface area contributed by atoms with Crippen LogP contribution in [0.3, 0.4) is 0 Å². The molecule has 1 aliphatic heterocycles. The zero-order valence-corrected chi connectivity index (χ0v) is 15.5. The molecule has 1 aromatic carbocycles. The Morgan fingerprint density at radius 1 is 1.25 bits per heavy atom. The van der Waals surface area contributed by atoms with Gasteiger partial charge >= 0.3 is 6.09 Å². The molecule has 1 aromatic rings. The van der Waals surface area contributed by atoms with E-state index in [4.69, 9.17) is 4.74 Å². The van der Waals surface area contributed by atoms with Crippen LogP contribution in [0.15, 0.2) is 30.3 Å². The van der Waals surface area contributed by atoms with E-state index in [1.54, 1.807) is 0 Å². The Bertz CT molecular complexity index is 581. The second-order valence-electron chi connectivity index (χ2n) is 8.27. The normalized spacial score (nSPS) is 28.0. The van der Waals surface area contributed by atoms with Crippen molar-refractivity contribution >= 4 is 6.09 Å². The molecule has 3 rings (SSSR count). The van der Waals surface area contributed by atoms with Gasteiger partial charge in [-0.2, -0.15) is 0 Å². The van der Waals surface area contributed by atoms with Crippen molar-refractivity contribution in [1.29, 1.82) is 0 Å². The molecular formula is C20H30N2O2. The number of amides is 1. The Morgan fingerprint density at radius 2 is 1.92 bits per heavy atom. The summed E-state index contributed by atoms with van der Waals surface area (Å²) in [6.45, 7) is 9.11. The van der Waals surface area contributed by atoms with Crippen LogP contribution in [0.5, 0.6) is 0 Å². The van der Waals surface area contributed by atoms with Crippen LogP contribution in [0.1, 0.15) is 52.1 Å². The van der Waals surface area contributed by atoms with E-state index < -0.39 is 5.60 Å². The second-order valence-corrected chi connectivity index (χ2v) is 8.27. The number of benzene rings is 1. The monoisotopic (exact) mass is 330 g/mol. The molecule has 2 aliphatic rings. The Balaban J connectivity index is 1.72. The number of ether oxygens (including phenoxy) is 1. The van der Waals surface area contributed by atoms with Crippen molar-refractivity contribution in [2.24, 2.45) is 5.92 Å². The van der Waals surface area contributed by atoms with Crippen LogP contribution in [0.2, 0.25) is 0 Å². The van der Waals surface area contributed by atoms with E-state index in [0.29, 0.717) is 18.0 Å². The van der Waals surface area contributed by atoms with Gasteiger partial charge < -0.3 is 9.64 Å². The van der Waals surface area contributed by atoms with E-state index in [0.717, 1.165) is 6.54 Å². The SMILES string of the molecule is C[C@@H](c1ccccc1)N1C[C@H]2CC[C@@H]1[C@@H]2N(C)C(=O)OC(C)(C)C. The van der Waals surface area contributed by atoms with Gasteiger partial charge in [0, 0.05) is 25.7 Å². The Morgan fingerprint density at radius 3 is 2.54 bits per heavy atom. The summed E-state index contributed by atoms with van der Waals surface area (Å²) in [4.78, 5) is 16.9. The Kier molecular flexibility index (Phi) is 4.60. The minimum absolute atomic E-state index is 0.196. The van der Waals surface area contributed by atoms with Gasteiger partial charge in [0.1, 0.15) is 5.60 Å². The zero-order valence-electron chi connectivity index (χ0n) is 15.5. The van der Waals surface area contributed by atoms with E-state index in [2.05, 4.69) is 42.2 Å². The highest BCUT2D eigenvalue weighted by Gasteiger charge is 2.51. The number of hydrogen-bond donors (Lipinski definition) is 0. The molecular weight excluding hydrogens is 300 g/mol. The summed E-state index contributed by atoms with van der Waals surface area (Å²) >= 11 is 0. The molecule has 1 saturated heterocycles. The first-order chi connectivity index (χ1) is 11.3. The molecule has 0 unspecified atom stereocenters. The highest BCUT2D eigenvalue weighted by Crippen LogP contribution is 2.44. The maximum absolute atomic E-state index is 12.5. The third-order valence-corrected chi connectivity index (χ3v) is 5.49. The summed E-state index contributed by atoms with van der Waals surface area (Å²) in [7, 11) is 1.90. The molecule has 1 heterocycles. The van der Waals surface area contributed by atoms with Gasteiger partial charge in [0.15, 0.2) is 0 Å². The quantitative estimate of drug-likeness (QED) is 0.837. The molecule has 4 nitrogen and oxygen atoms in total. The van der Waals surface area contributed by atoms with E-state index >= 15 is 0 Å². The van der Waals surface area contributed by atoms with Crippen molar-refractivity contribution in [1.82, 2.24) is 9.80 Å². The van der Waals surface area contributed by atoms with Crippen molar-refractivity contribution in [3.05, 3.63) is 35.9 Å². The first-order valence-corrected chi connectivity index (χ1v) is 9.04. The molecule has 0 aromatic heterocycles. The molecule has 0 N–H and O–H groups in total. The summed E-state index contributed by atoms with van der Waals surface area (Å²) in [5, 5.41) is 0. The number of carbonyl (C=O) groups is 1. The predicted molar refractivity (Wildman–Crippen MR) is 95.9 cm³/mol. The number of hydrogen-bond acceptors (Lipinski definition) is 3. The lowest BCUT2D eigenvalue weighted by Crippen LogP contribution is -2.47. The molecule has 1 amide bonds. The van der Waals surface area contributed by atoms with Crippen LogP contribution in [-0.2, 0) is 4.74 Å². The number of rotatable bonds is 3. The fourth-order valence-electron chi connectivity index (χ4n) is 4.41. The number of likely N-dealkylation sites (tertiary alicyclic amines) is 1. The maximum atomic E-state index is 12.5. The fourth-order valence-corrected chi connectivity index (χ4v) is 4.41. The number of carbonyl (C=O) groups excluding carboxylic acids is 1. The second kappa shape index (κ2) is 6.40. The number of likely N-dealkylation sites (N-methyl/N-ethyl adjacent to an activating group) is 1. The average Bonchev–Trinajstić information content (AvgIpc) is 3.10. The standard InChI is InChI=1S/C20H30N2O2/c1-14(15-9-7-6-8-10-15)22-13-16-11-12-17(22)18(16)21(5)19(23)24-20(2,3)4/h6-10,14,16-18H,11-13H2,1-5H3/t14-,16+,17+,18+/m0/s1. The van der Waals surface area contributed by atoms with Crippen molar-refractivity contribution in [2.75, 3.05) is 13.6 Å². The Labute approximate surface area is 145 Å². The van der Waals surface area contributed by atoms with Crippen molar-refractivity contribution < 1.29 is 9.53 Å². The summed E-state index contributed by atoms with van der Waals surface area (Å²) < 4.78 is 5.59. The molecule has 24 heavy (non-hydrogen) atoms. The van der Waals surface area contributed by atoms with Crippen molar-refractivity contribution in [3.8, 4) is 0 Å². The molecule has 2 bridgehead atoms. The summed E-state index contributed by atoms with van der Waals surface area (Å²) in [6.07, 6.45) is 2.18. The lowest BCUT2D eigenvalue weighted by Gasteiger charge is -2.35. The van der Waals surface area contributed by atoms with E-state index in [1.165, 1.54) is 18.4 Å². The van der Waals surface area contributed by atoms with Gasteiger partial charge in [0.2, 0.25) is 0 Å². The minimum Gasteiger partial charge on any atom is -0.444 e. The molecule has 0 radical (unpaired) electrons. The summed E-state index contributed by atoms with van der Waals surface area (Å²) in [5.41, 5.74) is 0.906. The zero-order chi connectivity index (χ0) is 17.5. The molecule has 2 fully saturated rings. The Hall–Kier alpha value is -1.55. The van der Waals surface area contributed by atoms with Gasteiger partial charge in [-0.25, -0.2) is 4.79 Å². The van der Waals surface area contributed by atoms with Crippen molar-refractivity contribution in [2.45, 2.75) is 64.3 Å². The molecule has 1 aliphatic carbocycles. The minimum atomic E-state index is -0.444. The third-order valence-electron chi connectivity index (χ3n) is 5.49. The van der Waals surface area contributed by atoms with Gasteiger partial charge in [-0.05, 0) is 52.0 Å². The van der Waals surface area contributed by atoms with E-state index in [1.807, 2.05) is 32.7 Å². The largest absolute Gasteiger partial charge is 0.444 e. The average molecular weight is 330 g/mol. The van der Waals surface area contributed by atoms with Crippen LogP contribution in [0, 0.1) is 5.92 Å². The molecule has 132 valence electrons. The van der Waals surface area contributed by atoms with Gasteiger partial charge in [0.05, 0.1) is 6.04 Å². The highest BCUT2D eigenvalue weighted by atomic mass is 16.6. The predicted octanol–water partition coefficient (Wildman–Crippen LogP) is 4.08. The highest BCUT2D eigenvalue weighted by molar-refractivity contribution is 5.68. The van der Waals surface area contributed by atoms with E-state index in [9.17, 15) is 4.79 Å². The smallest absolute Gasteiger partial charge is 0.410 e. The fraction of sp³-hybridized carbons (Fsp3) is 0.650. The topological polar surface area (TPSA) is 32.8 Å². The van der Waals surface area contributed by atoms with Crippen LogP contribution < -0.4 is 0 Å². The molecule has 1 saturated carbocycles. The third kappa shape index (κ3) is 3.30. The van der Waals surface area contributed by atoms with Crippen LogP contribution in [0.4, 0.5) is 4.79 Å². The number of fused-ring (bicyclic) bond motifs is 2. The van der Waals surface area contributed by atoms with Gasteiger partial charge in [-0.1, -0.05) is 30.3 Å². The van der Waals surface area contributed by atoms with Gasteiger partial charge in [0.25, 0.3) is 0 Å². The summed E-state index contributed by atoms with van der Waals surface area (Å²) in [5.74, 6) is 0.554. The first kappa shape index (κ1) is 17.3. The molecule has 0 spiro atoms. The first-order valence-electron chi connectivity index (χ1n) is 9.04. The lowest BCUT2D eigenvalue weighted by atomic mass is 10.0. The molecule has 4 atom stereocenters. The number of piperidine rings is 1. The molecule has 4 heteroatoms.